The van der Waals surface area contributed by atoms with Crippen molar-refractivity contribution in [3.05, 3.63) is 0 Å². The molecule has 94 valence electrons. The molecule has 1 N–H and O–H groups in total. The van der Waals surface area contributed by atoms with Gasteiger partial charge in [0.05, 0.1) is 18.1 Å². The summed E-state index contributed by atoms with van der Waals surface area (Å²) in [6, 6.07) is 0. The SMILES string of the molecule is CCN1C(=O)C2C3CC4C(OC1(CC)C42)C3O. The number of ether oxygens (including phenoxy) is 1. The van der Waals surface area contributed by atoms with E-state index < -0.39 is 11.8 Å². The van der Waals surface area contributed by atoms with E-state index >= 15 is 0 Å². The first-order chi connectivity index (χ1) is 8.15. The van der Waals surface area contributed by atoms with Gasteiger partial charge in [0.15, 0.2) is 0 Å². The van der Waals surface area contributed by atoms with E-state index in [1.165, 1.54) is 0 Å². The molecule has 4 fully saturated rings. The number of nitrogens with zero attached hydrogens (tertiary/aromatic N) is 1. The molecule has 4 heteroatoms. The summed E-state index contributed by atoms with van der Waals surface area (Å²) in [6.07, 6.45) is 1.42. The molecule has 4 nitrogen and oxygen atoms in total. The Balaban J connectivity index is 1.88. The first-order valence-corrected chi connectivity index (χ1v) is 6.83. The quantitative estimate of drug-likeness (QED) is 0.765. The Morgan fingerprint density at radius 1 is 1.47 bits per heavy atom. The number of aliphatic hydroxyl groups excluding tert-OH is 1. The van der Waals surface area contributed by atoms with Gasteiger partial charge in [0, 0.05) is 12.5 Å². The number of hydrogen-bond donors (Lipinski definition) is 1. The maximum atomic E-state index is 12.5. The third kappa shape index (κ3) is 0.838. The molecule has 7 unspecified atom stereocenters. The molecule has 0 spiro atoms. The second kappa shape index (κ2) is 2.86. The smallest absolute Gasteiger partial charge is 0.228 e. The van der Waals surface area contributed by atoms with E-state index in [-0.39, 0.29) is 23.8 Å². The van der Waals surface area contributed by atoms with Gasteiger partial charge in [0.25, 0.3) is 0 Å². The normalized spacial score (nSPS) is 58.5. The van der Waals surface area contributed by atoms with Crippen LogP contribution in [-0.2, 0) is 9.53 Å². The molecule has 1 amide bonds. The van der Waals surface area contributed by atoms with Gasteiger partial charge in [-0.1, -0.05) is 6.92 Å². The largest absolute Gasteiger partial charge is 0.390 e. The fraction of sp³-hybridized carbons (Fsp3) is 0.923. The predicted molar refractivity (Wildman–Crippen MR) is 59.9 cm³/mol. The molecule has 0 aromatic rings. The number of amides is 1. The third-order valence-corrected chi connectivity index (χ3v) is 5.74. The van der Waals surface area contributed by atoms with Gasteiger partial charge in [-0.15, -0.1) is 0 Å². The van der Waals surface area contributed by atoms with Crippen molar-refractivity contribution in [2.75, 3.05) is 6.54 Å². The third-order valence-electron chi connectivity index (χ3n) is 5.74. The first kappa shape index (κ1) is 10.3. The molecule has 2 saturated carbocycles. The van der Waals surface area contributed by atoms with Crippen molar-refractivity contribution >= 4 is 5.91 Å². The molecule has 4 rings (SSSR count). The van der Waals surface area contributed by atoms with Gasteiger partial charge in [-0.05, 0) is 31.6 Å². The van der Waals surface area contributed by atoms with Crippen molar-refractivity contribution in [1.82, 2.24) is 4.90 Å². The molecule has 17 heavy (non-hydrogen) atoms. The number of hydrogen-bond acceptors (Lipinski definition) is 3. The van der Waals surface area contributed by atoms with Crippen molar-refractivity contribution in [3.63, 3.8) is 0 Å². The standard InChI is InChI=1S/C13H19NO3/c1-3-13-9-7-5-6(10(15)11(7)17-13)8(9)12(16)14(13)4-2/h6-11,15H,3-5H2,1-2H3. The Labute approximate surface area is 101 Å². The Morgan fingerprint density at radius 2 is 2.24 bits per heavy atom. The minimum Gasteiger partial charge on any atom is -0.390 e. The molecule has 0 aromatic carbocycles. The van der Waals surface area contributed by atoms with Crippen LogP contribution in [-0.4, -0.2) is 40.4 Å². The monoisotopic (exact) mass is 237 g/mol. The number of fused-ring (bicyclic) bond motifs is 2. The maximum Gasteiger partial charge on any atom is 0.228 e. The second-order valence-electron chi connectivity index (χ2n) is 5.97. The summed E-state index contributed by atoms with van der Waals surface area (Å²) in [5.74, 6) is 1.18. The zero-order valence-corrected chi connectivity index (χ0v) is 10.3. The number of aliphatic hydroxyl groups is 1. The highest BCUT2D eigenvalue weighted by Crippen LogP contribution is 2.68. The first-order valence-electron chi connectivity index (χ1n) is 6.83. The van der Waals surface area contributed by atoms with E-state index in [1.54, 1.807) is 0 Å². The Kier molecular flexibility index (Phi) is 1.74. The van der Waals surface area contributed by atoms with Crippen LogP contribution in [0.3, 0.4) is 0 Å². The fourth-order valence-corrected chi connectivity index (χ4v) is 5.29. The summed E-state index contributed by atoms with van der Waals surface area (Å²) in [6.45, 7) is 4.85. The van der Waals surface area contributed by atoms with Gasteiger partial charge in [0.2, 0.25) is 5.91 Å². The van der Waals surface area contributed by atoms with Crippen LogP contribution in [0.1, 0.15) is 26.7 Å². The summed E-state index contributed by atoms with van der Waals surface area (Å²) in [5.41, 5.74) is -0.391. The van der Waals surface area contributed by atoms with Gasteiger partial charge in [0.1, 0.15) is 5.72 Å². The molecule has 2 bridgehead atoms. The van der Waals surface area contributed by atoms with Crippen LogP contribution in [0.25, 0.3) is 0 Å². The van der Waals surface area contributed by atoms with Crippen LogP contribution in [0.5, 0.6) is 0 Å². The predicted octanol–water partition coefficient (Wildman–Crippen LogP) is 0.597. The molecular weight excluding hydrogens is 218 g/mol. The van der Waals surface area contributed by atoms with Crippen LogP contribution in [0, 0.1) is 23.7 Å². The highest BCUT2D eigenvalue weighted by atomic mass is 16.6. The fourth-order valence-electron chi connectivity index (χ4n) is 5.29. The molecule has 0 radical (unpaired) electrons. The molecule has 2 aliphatic carbocycles. The minimum atomic E-state index is -0.405. The lowest BCUT2D eigenvalue weighted by atomic mass is 9.76. The van der Waals surface area contributed by atoms with Gasteiger partial charge >= 0.3 is 0 Å². The molecule has 2 aliphatic heterocycles. The number of carbonyl (C=O) groups excluding carboxylic acids is 1. The summed E-state index contributed by atoms with van der Waals surface area (Å²) in [5, 5.41) is 10.2. The van der Waals surface area contributed by atoms with Crippen LogP contribution < -0.4 is 0 Å². The Morgan fingerprint density at radius 3 is 2.88 bits per heavy atom. The van der Waals surface area contributed by atoms with Crippen LogP contribution in [0.2, 0.25) is 0 Å². The summed E-state index contributed by atoms with van der Waals surface area (Å²) >= 11 is 0. The summed E-state index contributed by atoms with van der Waals surface area (Å²) in [4.78, 5) is 14.4. The zero-order valence-electron chi connectivity index (χ0n) is 10.3. The molecule has 4 aliphatic rings. The molecule has 2 heterocycles. The highest BCUT2D eigenvalue weighted by Gasteiger charge is 2.77. The average molecular weight is 237 g/mol. The topological polar surface area (TPSA) is 49.8 Å². The lowest BCUT2D eigenvalue weighted by Gasteiger charge is -2.37. The molecule has 0 aromatic heterocycles. The van der Waals surface area contributed by atoms with E-state index in [2.05, 4.69) is 6.92 Å². The number of carbonyl (C=O) groups is 1. The van der Waals surface area contributed by atoms with E-state index in [0.717, 1.165) is 19.4 Å². The Bertz CT molecular complexity index is 398. The van der Waals surface area contributed by atoms with E-state index in [9.17, 15) is 9.90 Å². The molecule has 2 saturated heterocycles. The lowest BCUT2D eigenvalue weighted by molar-refractivity contribution is -0.178. The van der Waals surface area contributed by atoms with E-state index in [1.807, 2.05) is 11.8 Å². The highest BCUT2D eigenvalue weighted by molar-refractivity contribution is 5.84. The Hall–Kier alpha value is -0.610. The number of rotatable bonds is 2. The second-order valence-corrected chi connectivity index (χ2v) is 5.97. The molecular formula is C13H19NO3. The maximum absolute atomic E-state index is 12.5. The number of likely N-dealkylation sites (tertiary alicyclic amines) is 1. The van der Waals surface area contributed by atoms with Crippen molar-refractivity contribution in [1.29, 1.82) is 0 Å². The van der Waals surface area contributed by atoms with Crippen LogP contribution in [0.15, 0.2) is 0 Å². The van der Waals surface area contributed by atoms with Gasteiger partial charge in [-0.3, -0.25) is 4.79 Å². The summed E-state index contributed by atoms with van der Waals surface area (Å²) in [7, 11) is 0. The van der Waals surface area contributed by atoms with Gasteiger partial charge < -0.3 is 14.7 Å². The van der Waals surface area contributed by atoms with Crippen molar-refractivity contribution in [3.8, 4) is 0 Å². The van der Waals surface area contributed by atoms with Gasteiger partial charge in [-0.2, -0.15) is 0 Å². The van der Waals surface area contributed by atoms with Crippen molar-refractivity contribution < 1.29 is 14.6 Å². The van der Waals surface area contributed by atoms with Crippen molar-refractivity contribution in [2.24, 2.45) is 23.7 Å². The lowest BCUT2D eigenvalue weighted by Crippen LogP contribution is -2.50. The van der Waals surface area contributed by atoms with Crippen molar-refractivity contribution in [2.45, 2.75) is 44.6 Å². The van der Waals surface area contributed by atoms with Gasteiger partial charge in [-0.25, -0.2) is 0 Å². The average Bonchev–Trinajstić information content (AvgIpc) is 2.95. The van der Waals surface area contributed by atoms with Crippen LogP contribution in [0.4, 0.5) is 0 Å². The molecule has 7 atom stereocenters. The van der Waals surface area contributed by atoms with E-state index in [0.29, 0.717) is 11.8 Å². The summed E-state index contributed by atoms with van der Waals surface area (Å²) < 4.78 is 6.21. The zero-order chi connectivity index (χ0) is 11.9. The minimum absolute atomic E-state index is 0.0108. The van der Waals surface area contributed by atoms with E-state index in [4.69, 9.17) is 4.74 Å². The van der Waals surface area contributed by atoms with Crippen LogP contribution >= 0.6 is 0 Å².